The van der Waals surface area contributed by atoms with Crippen molar-refractivity contribution in [3.05, 3.63) is 109 Å². The van der Waals surface area contributed by atoms with Crippen LogP contribution in [0.3, 0.4) is 0 Å². The molecule has 0 nitrogen and oxygen atoms in total. The van der Waals surface area contributed by atoms with Crippen molar-refractivity contribution < 1.29 is 0 Å². The van der Waals surface area contributed by atoms with Crippen molar-refractivity contribution >= 4 is 43.1 Å². The van der Waals surface area contributed by atoms with Crippen molar-refractivity contribution in [2.24, 2.45) is 0 Å². The molecule has 28 heavy (non-hydrogen) atoms. The van der Waals surface area contributed by atoms with Gasteiger partial charge in [-0.05, 0) is 60.3 Å². The van der Waals surface area contributed by atoms with E-state index in [4.69, 9.17) is 0 Å². The molecule has 0 aromatic heterocycles. The quantitative estimate of drug-likeness (QED) is 0.263. The van der Waals surface area contributed by atoms with Gasteiger partial charge in [0.15, 0.2) is 0 Å². The van der Waals surface area contributed by atoms with Crippen molar-refractivity contribution in [2.75, 3.05) is 0 Å². The normalized spacial score (nSPS) is 11.6. The van der Waals surface area contributed by atoms with Crippen molar-refractivity contribution in [1.82, 2.24) is 0 Å². The Morgan fingerprint density at radius 3 is 1.79 bits per heavy atom. The average Bonchev–Trinajstić information content (AvgIpc) is 2.78. The summed E-state index contributed by atoms with van der Waals surface area (Å²) in [6.07, 6.45) is 0. The van der Waals surface area contributed by atoms with E-state index in [-0.39, 0.29) is 0 Å². The molecule has 0 aliphatic rings. The van der Waals surface area contributed by atoms with Gasteiger partial charge in [-0.3, -0.25) is 0 Å². The Kier molecular flexibility index (Phi) is 3.27. The third kappa shape index (κ3) is 2.18. The molecule has 0 unspecified atom stereocenters. The van der Waals surface area contributed by atoms with Crippen molar-refractivity contribution in [3.63, 3.8) is 0 Å². The van der Waals surface area contributed by atoms with Crippen LogP contribution in [0.15, 0.2) is 109 Å². The summed E-state index contributed by atoms with van der Waals surface area (Å²) in [4.78, 5) is 0. The molecule has 0 N–H and O–H groups in total. The first-order valence-electron chi connectivity index (χ1n) is 9.71. The third-order valence-electron chi connectivity index (χ3n) is 5.82. The molecule has 0 heterocycles. The van der Waals surface area contributed by atoms with Gasteiger partial charge in [0.05, 0.1) is 0 Å². The zero-order chi connectivity index (χ0) is 18.5. The Hall–Kier alpha value is -3.64. The third-order valence-corrected chi connectivity index (χ3v) is 5.82. The van der Waals surface area contributed by atoms with E-state index in [2.05, 4.69) is 109 Å². The summed E-state index contributed by atoms with van der Waals surface area (Å²) in [5.74, 6) is 0. The van der Waals surface area contributed by atoms with E-state index in [1.54, 1.807) is 0 Å². The first-order valence-corrected chi connectivity index (χ1v) is 9.71. The summed E-state index contributed by atoms with van der Waals surface area (Å²) in [6, 6.07) is 39.6. The molecule has 0 spiro atoms. The topological polar surface area (TPSA) is 0 Å². The molecule has 6 rings (SSSR count). The van der Waals surface area contributed by atoms with Crippen molar-refractivity contribution in [1.29, 1.82) is 0 Å². The Labute approximate surface area is 163 Å². The molecule has 6 aromatic carbocycles. The van der Waals surface area contributed by atoms with Gasteiger partial charge < -0.3 is 0 Å². The van der Waals surface area contributed by atoms with Crippen LogP contribution in [-0.2, 0) is 0 Å². The lowest BCUT2D eigenvalue weighted by Crippen LogP contribution is -1.87. The monoisotopic (exact) mass is 354 g/mol. The van der Waals surface area contributed by atoms with E-state index in [1.807, 2.05) is 0 Å². The van der Waals surface area contributed by atoms with Crippen LogP contribution in [-0.4, -0.2) is 0 Å². The minimum atomic E-state index is 1.26. The van der Waals surface area contributed by atoms with Crippen LogP contribution < -0.4 is 0 Å². The van der Waals surface area contributed by atoms with Gasteiger partial charge in [0.2, 0.25) is 0 Å². The minimum absolute atomic E-state index is 1.26. The highest BCUT2D eigenvalue weighted by molar-refractivity contribution is 6.29. The van der Waals surface area contributed by atoms with Crippen LogP contribution in [0.4, 0.5) is 0 Å². The van der Waals surface area contributed by atoms with Gasteiger partial charge in [0, 0.05) is 0 Å². The number of fused-ring (bicyclic) bond motifs is 7. The highest BCUT2D eigenvalue weighted by Gasteiger charge is 2.13. The fraction of sp³-hybridized carbons (Fsp3) is 0. The van der Waals surface area contributed by atoms with Crippen molar-refractivity contribution in [3.8, 4) is 11.1 Å². The smallest absolute Gasteiger partial charge is 0.00143 e. The fourth-order valence-corrected chi connectivity index (χ4v) is 4.54. The highest BCUT2D eigenvalue weighted by atomic mass is 14.2. The summed E-state index contributed by atoms with van der Waals surface area (Å²) in [5.41, 5.74) is 2.56. The van der Waals surface area contributed by atoms with E-state index >= 15 is 0 Å². The zero-order valence-corrected chi connectivity index (χ0v) is 15.4. The molecule has 0 radical (unpaired) electrons. The standard InChI is InChI=1S/C28H18/c1-2-8-19(9-3-1)26-18-22-11-5-7-13-24(22)28-25(26)17-16-21-15-14-20-10-4-6-12-23(20)27(21)28/h1-18H. The maximum absolute atomic E-state index is 2.34. The van der Waals surface area contributed by atoms with Gasteiger partial charge in [-0.15, -0.1) is 0 Å². The first kappa shape index (κ1) is 15.4. The predicted molar refractivity (Wildman–Crippen MR) is 122 cm³/mol. The van der Waals surface area contributed by atoms with E-state index in [0.717, 1.165) is 0 Å². The lowest BCUT2D eigenvalue weighted by atomic mass is 9.88. The van der Waals surface area contributed by atoms with Crippen LogP contribution >= 0.6 is 0 Å². The summed E-state index contributed by atoms with van der Waals surface area (Å²) in [6.45, 7) is 0. The van der Waals surface area contributed by atoms with E-state index in [9.17, 15) is 0 Å². The molecule has 0 saturated carbocycles. The van der Waals surface area contributed by atoms with Gasteiger partial charge >= 0.3 is 0 Å². The Bertz CT molecular complexity index is 1490. The van der Waals surface area contributed by atoms with Crippen molar-refractivity contribution in [2.45, 2.75) is 0 Å². The van der Waals surface area contributed by atoms with Gasteiger partial charge in [-0.1, -0.05) is 103 Å². The fourth-order valence-electron chi connectivity index (χ4n) is 4.54. The van der Waals surface area contributed by atoms with Crippen LogP contribution in [0, 0.1) is 0 Å². The molecular weight excluding hydrogens is 336 g/mol. The molecule has 0 amide bonds. The SMILES string of the molecule is c1ccc(-c2cc3ccccc3c3c2ccc2ccc4ccccc4c23)cc1. The number of hydrogen-bond acceptors (Lipinski definition) is 0. The van der Waals surface area contributed by atoms with Crippen LogP contribution in [0.25, 0.3) is 54.2 Å². The molecule has 0 bridgehead atoms. The van der Waals surface area contributed by atoms with Crippen LogP contribution in [0.2, 0.25) is 0 Å². The second-order valence-electron chi connectivity index (χ2n) is 7.38. The summed E-state index contributed by atoms with van der Waals surface area (Å²) < 4.78 is 0. The molecule has 0 heteroatoms. The lowest BCUT2D eigenvalue weighted by Gasteiger charge is -2.15. The van der Waals surface area contributed by atoms with E-state index in [0.29, 0.717) is 0 Å². The molecule has 0 fully saturated rings. The predicted octanol–water partition coefficient (Wildman–Crippen LogP) is 7.97. The second kappa shape index (κ2) is 5.94. The molecular formula is C28H18. The summed E-state index contributed by atoms with van der Waals surface area (Å²) in [5, 5.41) is 10.5. The maximum atomic E-state index is 2.34. The minimum Gasteiger partial charge on any atom is -0.0622 e. The molecule has 0 aliphatic carbocycles. The Balaban J connectivity index is 1.93. The summed E-state index contributed by atoms with van der Waals surface area (Å²) in [7, 11) is 0. The molecule has 0 aliphatic heterocycles. The molecule has 0 atom stereocenters. The molecule has 130 valence electrons. The number of hydrogen-bond donors (Lipinski definition) is 0. The van der Waals surface area contributed by atoms with E-state index in [1.165, 1.54) is 54.2 Å². The highest BCUT2D eigenvalue weighted by Crippen LogP contribution is 2.41. The Morgan fingerprint density at radius 1 is 0.357 bits per heavy atom. The molecule has 6 aromatic rings. The molecule has 0 saturated heterocycles. The lowest BCUT2D eigenvalue weighted by molar-refractivity contribution is 1.67. The van der Waals surface area contributed by atoms with E-state index < -0.39 is 0 Å². The Morgan fingerprint density at radius 2 is 0.964 bits per heavy atom. The second-order valence-corrected chi connectivity index (χ2v) is 7.38. The average molecular weight is 354 g/mol. The van der Waals surface area contributed by atoms with Gasteiger partial charge in [0.1, 0.15) is 0 Å². The van der Waals surface area contributed by atoms with Gasteiger partial charge in [-0.2, -0.15) is 0 Å². The van der Waals surface area contributed by atoms with Gasteiger partial charge in [-0.25, -0.2) is 0 Å². The number of rotatable bonds is 1. The number of benzene rings is 6. The van der Waals surface area contributed by atoms with Crippen LogP contribution in [0.5, 0.6) is 0 Å². The van der Waals surface area contributed by atoms with Crippen LogP contribution in [0.1, 0.15) is 0 Å². The first-order chi connectivity index (χ1) is 13.9. The maximum Gasteiger partial charge on any atom is -0.00143 e. The largest absolute Gasteiger partial charge is 0.0622 e. The van der Waals surface area contributed by atoms with Gasteiger partial charge in [0.25, 0.3) is 0 Å². The summed E-state index contributed by atoms with van der Waals surface area (Å²) >= 11 is 0. The zero-order valence-electron chi connectivity index (χ0n) is 15.4.